The minimum absolute atomic E-state index is 0.00701. The zero-order chi connectivity index (χ0) is 14.1. The minimum Gasteiger partial charge on any atom is -0.468 e. The maximum Gasteiger partial charge on any atom is 0.325 e. The van der Waals surface area contributed by atoms with E-state index in [1.54, 1.807) is 11.8 Å². The molecular formula is C13H24ClNO3. The molecule has 0 rings (SSSR count). The van der Waals surface area contributed by atoms with Crippen molar-refractivity contribution >= 4 is 23.5 Å². The number of esters is 1. The maximum atomic E-state index is 12.1. The number of methoxy groups -OCH3 is 1. The summed E-state index contributed by atoms with van der Waals surface area (Å²) in [6.07, 6.45) is 1.97. The Balaban J connectivity index is 4.70. The van der Waals surface area contributed by atoms with E-state index in [0.717, 1.165) is 12.8 Å². The van der Waals surface area contributed by atoms with E-state index in [9.17, 15) is 9.59 Å². The van der Waals surface area contributed by atoms with Crippen molar-refractivity contribution in [2.75, 3.05) is 26.1 Å². The second-order valence-electron chi connectivity index (χ2n) is 4.53. The van der Waals surface area contributed by atoms with Gasteiger partial charge in [0.2, 0.25) is 5.91 Å². The molecule has 0 aromatic carbocycles. The highest BCUT2D eigenvalue weighted by Gasteiger charge is 2.24. The molecule has 0 spiro atoms. The molecule has 0 fully saturated rings. The number of hydrogen-bond acceptors (Lipinski definition) is 3. The fraction of sp³-hybridized carbons (Fsp3) is 0.846. The Kier molecular flexibility index (Phi) is 8.81. The van der Waals surface area contributed by atoms with E-state index in [1.165, 1.54) is 7.11 Å². The molecule has 0 saturated heterocycles. The second kappa shape index (κ2) is 9.20. The van der Waals surface area contributed by atoms with Crippen LogP contribution in [0.3, 0.4) is 0 Å². The summed E-state index contributed by atoms with van der Waals surface area (Å²) < 4.78 is 4.63. The number of amides is 1. The van der Waals surface area contributed by atoms with Crippen LogP contribution in [0.5, 0.6) is 0 Å². The minimum atomic E-state index is -0.393. The van der Waals surface area contributed by atoms with Gasteiger partial charge < -0.3 is 9.64 Å². The molecule has 4 nitrogen and oxygen atoms in total. The van der Waals surface area contributed by atoms with Gasteiger partial charge in [-0.3, -0.25) is 9.59 Å². The summed E-state index contributed by atoms with van der Waals surface area (Å²) >= 11 is 5.70. The van der Waals surface area contributed by atoms with E-state index in [4.69, 9.17) is 11.6 Å². The lowest BCUT2D eigenvalue weighted by atomic mass is 10.0. The van der Waals surface area contributed by atoms with Crippen LogP contribution >= 0.6 is 11.6 Å². The molecule has 1 atom stereocenters. The van der Waals surface area contributed by atoms with Crippen molar-refractivity contribution in [3.63, 3.8) is 0 Å². The molecule has 1 amide bonds. The Hall–Kier alpha value is -0.770. The Labute approximate surface area is 115 Å². The largest absolute Gasteiger partial charge is 0.468 e. The van der Waals surface area contributed by atoms with Gasteiger partial charge in [0.25, 0.3) is 0 Å². The summed E-state index contributed by atoms with van der Waals surface area (Å²) in [7, 11) is 1.33. The van der Waals surface area contributed by atoms with Crippen molar-refractivity contribution in [2.45, 2.75) is 33.6 Å². The summed E-state index contributed by atoms with van der Waals surface area (Å²) in [5.41, 5.74) is 0. The van der Waals surface area contributed by atoms with Gasteiger partial charge in [-0.05, 0) is 5.92 Å². The molecule has 0 radical (unpaired) electrons. The number of rotatable bonds is 8. The summed E-state index contributed by atoms with van der Waals surface area (Å²) in [6.45, 7) is 6.53. The van der Waals surface area contributed by atoms with Gasteiger partial charge in [-0.25, -0.2) is 0 Å². The van der Waals surface area contributed by atoms with Crippen LogP contribution in [0, 0.1) is 11.8 Å². The topological polar surface area (TPSA) is 46.6 Å². The monoisotopic (exact) mass is 277 g/mol. The van der Waals surface area contributed by atoms with Crippen LogP contribution in [0.15, 0.2) is 0 Å². The van der Waals surface area contributed by atoms with E-state index in [2.05, 4.69) is 18.6 Å². The Bertz CT molecular complexity index is 267. The van der Waals surface area contributed by atoms with Gasteiger partial charge >= 0.3 is 5.97 Å². The van der Waals surface area contributed by atoms with Gasteiger partial charge in [0.15, 0.2) is 0 Å². The number of nitrogens with zero attached hydrogens (tertiary/aromatic N) is 1. The number of carbonyl (C=O) groups is 2. The molecule has 0 N–H and O–H groups in total. The van der Waals surface area contributed by atoms with Crippen LogP contribution in [0.4, 0.5) is 0 Å². The van der Waals surface area contributed by atoms with Crippen LogP contribution in [-0.2, 0) is 14.3 Å². The van der Waals surface area contributed by atoms with Crippen LogP contribution in [0.1, 0.15) is 33.6 Å². The lowest BCUT2D eigenvalue weighted by Gasteiger charge is -2.27. The zero-order valence-corrected chi connectivity index (χ0v) is 12.5. The summed E-state index contributed by atoms with van der Waals surface area (Å²) in [6, 6.07) is 0. The number of hydrogen-bond donors (Lipinski definition) is 0. The quantitative estimate of drug-likeness (QED) is 0.505. The standard InChI is InChI=1S/C13H24ClNO3/c1-5-11(6-2)8-15(9-12(16)18-4)13(17)10(3)7-14/h10-11H,5-9H2,1-4H3. The first-order valence-corrected chi connectivity index (χ1v) is 6.95. The van der Waals surface area contributed by atoms with E-state index in [-0.39, 0.29) is 24.2 Å². The third-order valence-corrected chi connectivity index (χ3v) is 3.61. The number of ether oxygens (including phenoxy) is 1. The molecule has 0 aromatic heterocycles. The van der Waals surface area contributed by atoms with Gasteiger partial charge in [-0.15, -0.1) is 11.6 Å². The van der Waals surface area contributed by atoms with Crippen molar-refractivity contribution in [1.82, 2.24) is 4.90 Å². The highest BCUT2D eigenvalue weighted by Crippen LogP contribution is 2.13. The fourth-order valence-electron chi connectivity index (χ4n) is 1.69. The van der Waals surface area contributed by atoms with Crippen molar-refractivity contribution in [2.24, 2.45) is 11.8 Å². The molecule has 0 aliphatic heterocycles. The average Bonchev–Trinajstić information content (AvgIpc) is 2.41. The Morgan fingerprint density at radius 3 is 2.22 bits per heavy atom. The molecule has 0 aliphatic carbocycles. The molecule has 0 saturated carbocycles. The van der Waals surface area contributed by atoms with Crippen molar-refractivity contribution in [3.8, 4) is 0 Å². The van der Waals surface area contributed by atoms with Gasteiger partial charge in [-0.2, -0.15) is 0 Å². The molecule has 0 bridgehead atoms. The molecule has 0 heterocycles. The zero-order valence-electron chi connectivity index (χ0n) is 11.7. The fourth-order valence-corrected chi connectivity index (χ4v) is 1.82. The van der Waals surface area contributed by atoms with Crippen LogP contribution in [-0.4, -0.2) is 42.9 Å². The molecule has 5 heteroatoms. The Morgan fingerprint density at radius 2 is 1.83 bits per heavy atom. The number of halogens is 1. The Morgan fingerprint density at radius 1 is 1.28 bits per heavy atom. The summed E-state index contributed by atoms with van der Waals surface area (Å²) in [4.78, 5) is 25.0. The molecule has 0 aromatic rings. The molecular weight excluding hydrogens is 254 g/mol. The third kappa shape index (κ3) is 5.71. The third-order valence-electron chi connectivity index (χ3n) is 3.15. The predicted molar refractivity (Wildman–Crippen MR) is 72.6 cm³/mol. The van der Waals surface area contributed by atoms with Gasteiger partial charge in [0, 0.05) is 18.3 Å². The number of alkyl halides is 1. The second-order valence-corrected chi connectivity index (χ2v) is 4.84. The van der Waals surface area contributed by atoms with Crippen molar-refractivity contribution < 1.29 is 14.3 Å². The van der Waals surface area contributed by atoms with Crippen molar-refractivity contribution in [1.29, 1.82) is 0 Å². The van der Waals surface area contributed by atoms with Crippen LogP contribution < -0.4 is 0 Å². The lowest BCUT2D eigenvalue weighted by molar-refractivity contribution is -0.148. The van der Waals surface area contributed by atoms with Crippen LogP contribution in [0.2, 0.25) is 0 Å². The highest BCUT2D eigenvalue weighted by molar-refractivity contribution is 6.19. The SMILES string of the molecule is CCC(CC)CN(CC(=O)OC)C(=O)C(C)CCl. The molecule has 1 unspecified atom stereocenters. The smallest absolute Gasteiger partial charge is 0.325 e. The number of carbonyl (C=O) groups excluding carboxylic acids is 2. The molecule has 18 heavy (non-hydrogen) atoms. The van der Waals surface area contributed by atoms with Gasteiger partial charge in [0.1, 0.15) is 6.54 Å². The first kappa shape index (κ1) is 17.2. The highest BCUT2D eigenvalue weighted by atomic mass is 35.5. The van der Waals surface area contributed by atoms with E-state index < -0.39 is 5.97 Å². The van der Waals surface area contributed by atoms with Crippen molar-refractivity contribution in [3.05, 3.63) is 0 Å². The van der Waals surface area contributed by atoms with E-state index in [0.29, 0.717) is 12.5 Å². The van der Waals surface area contributed by atoms with E-state index >= 15 is 0 Å². The maximum absolute atomic E-state index is 12.1. The van der Waals surface area contributed by atoms with Gasteiger partial charge in [0.05, 0.1) is 7.11 Å². The average molecular weight is 278 g/mol. The molecule has 106 valence electrons. The predicted octanol–water partition coefficient (Wildman–Crippen LogP) is 2.30. The summed E-state index contributed by atoms with van der Waals surface area (Å²) in [5, 5.41) is 0. The normalized spacial score (nSPS) is 12.3. The summed E-state index contributed by atoms with van der Waals surface area (Å²) in [5.74, 6) is -0.0791. The lowest BCUT2D eigenvalue weighted by Crippen LogP contribution is -2.42. The van der Waals surface area contributed by atoms with Crippen LogP contribution in [0.25, 0.3) is 0 Å². The van der Waals surface area contributed by atoms with E-state index in [1.807, 2.05) is 0 Å². The molecule has 0 aliphatic rings. The van der Waals surface area contributed by atoms with Gasteiger partial charge in [-0.1, -0.05) is 33.6 Å². The first-order chi connectivity index (χ1) is 8.49. The first-order valence-electron chi connectivity index (χ1n) is 6.41.